The zero-order valence-corrected chi connectivity index (χ0v) is 13.0. The number of hydrogen-bond acceptors (Lipinski definition) is 3. The number of carbonyl (C=O) groups excluding carboxylic acids is 2. The lowest BCUT2D eigenvalue weighted by molar-refractivity contribution is -0.137. The van der Waals surface area contributed by atoms with Gasteiger partial charge in [0, 0.05) is 45.7 Å². The SMILES string of the molecule is CC(C)CCN1C[C@H](C(=O)N2CCN(C)CC2)CC1=O. The van der Waals surface area contributed by atoms with Crippen molar-refractivity contribution in [2.75, 3.05) is 46.3 Å². The number of rotatable bonds is 4. The smallest absolute Gasteiger partial charge is 0.228 e. The molecule has 0 radical (unpaired) electrons. The average molecular weight is 281 g/mol. The first kappa shape index (κ1) is 15.3. The second kappa shape index (κ2) is 6.57. The second-order valence-corrected chi connectivity index (χ2v) is 6.55. The number of likely N-dealkylation sites (N-methyl/N-ethyl adjacent to an activating group) is 1. The van der Waals surface area contributed by atoms with Crippen molar-refractivity contribution in [3.05, 3.63) is 0 Å². The van der Waals surface area contributed by atoms with E-state index < -0.39 is 0 Å². The fourth-order valence-corrected chi connectivity index (χ4v) is 2.85. The Hall–Kier alpha value is -1.10. The molecule has 5 nitrogen and oxygen atoms in total. The van der Waals surface area contributed by atoms with Gasteiger partial charge in [-0.2, -0.15) is 0 Å². The number of nitrogens with zero attached hydrogens (tertiary/aromatic N) is 3. The highest BCUT2D eigenvalue weighted by molar-refractivity contribution is 5.89. The first-order valence-electron chi connectivity index (χ1n) is 7.72. The summed E-state index contributed by atoms with van der Waals surface area (Å²) in [6.07, 6.45) is 1.42. The Labute approximate surface area is 121 Å². The lowest BCUT2D eigenvalue weighted by Gasteiger charge is -2.33. The Morgan fingerprint density at radius 2 is 1.90 bits per heavy atom. The number of hydrogen-bond donors (Lipinski definition) is 0. The molecule has 0 unspecified atom stereocenters. The Kier molecular flexibility index (Phi) is 5.02. The number of carbonyl (C=O) groups is 2. The first-order valence-corrected chi connectivity index (χ1v) is 7.72. The van der Waals surface area contributed by atoms with Crippen molar-refractivity contribution in [3.8, 4) is 0 Å². The normalized spacial score (nSPS) is 24.8. The van der Waals surface area contributed by atoms with Crippen LogP contribution in [0, 0.1) is 11.8 Å². The number of likely N-dealkylation sites (tertiary alicyclic amines) is 1. The zero-order valence-electron chi connectivity index (χ0n) is 13.0. The third-order valence-corrected chi connectivity index (χ3v) is 4.36. The molecule has 0 saturated carbocycles. The summed E-state index contributed by atoms with van der Waals surface area (Å²) in [5.74, 6) is 0.810. The standard InChI is InChI=1S/C15H27N3O2/c1-12(2)4-5-18-11-13(10-14(18)19)15(20)17-8-6-16(3)7-9-17/h12-13H,4-11H2,1-3H3/t13-/m1/s1. The Balaban J connectivity index is 1.84. The van der Waals surface area contributed by atoms with Gasteiger partial charge in [-0.1, -0.05) is 13.8 Å². The van der Waals surface area contributed by atoms with Crippen LogP contribution in [0.2, 0.25) is 0 Å². The molecule has 2 amide bonds. The summed E-state index contributed by atoms with van der Waals surface area (Å²) in [5, 5.41) is 0. The molecular formula is C15H27N3O2. The largest absolute Gasteiger partial charge is 0.342 e. The van der Waals surface area contributed by atoms with Crippen molar-refractivity contribution < 1.29 is 9.59 Å². The lowest BCUT2D eigenvalue weighted by atomic mass is 10.1. The highest BCUT2D eigenvalue weighted by Gasteiger charge is 2.36. The molecule has 2 fully saturated rings. The van der Waals surface area contributed by atoms with Gasteiger partial charge in [0.05, 0.1) is 5.92 Å². The number of piperazine rings is 1. The maximum atomic E-state index is 12.5. The molecule has 2 heterocycles. The minimum absolute atomic E-state index is 0.113. The van der Waals surface area contributed by atoms with Crippen LogP contribution in [0.25, 0.3) is 0 Å². The average Bonchev–Trinajstić information content (AvgIpc) is 2.78. The first-order chi connectivity index (χ1) is 9.47. The van der Waals surface area contributed by atoms with Gasteiger partial charge in [-0.25, -0.2) is 0 Å². The van der Waals surface area contributed by atoms with E-state index in [-0.39, 0.29) is 17.7 Å². The van der Waals surface area contributed by atoms with Crippen LogP contribution in [0.1, 0.15) is 26.7 Å². The van der Waals surface area contributed by atoms with Crippen molar-refractivity contribution in [2.24, 2.45) is 11.8 Å². The molecule has 0 spiro atoms. The Morgan fingerprint density at radius 1 is 1.25 bits per heavy atom. The predicted octanol–water partition coefficient (Wildman–Crippen LogP) is 0.655. The number of amides is 2. The van der Waals surface area contributed by atoms with E-state index in [1.54, 1.807) is 0 Å². The summed E-state index contributed by atoms with van der Waals surface area (Å²) >= 11 is 0. The lowest BCUT2D eigenvalue weighted by Crippen LogP contribution is -2.49. The van der Waals surface area contributed by atoms with E-state index in [1.165, 1.54) is 0 Å². The van der Waals surface area contributed by atoms with Gasteiger partial charge in [0.2, 0.25) is 11.8 Å². The topological polar surface area (TPSA) is 43.9 Å². The van der Waals surface area contributed by atoms with Crippen molar-refractivity contribution in [2.45, 2.75) is 26.7 Å². The molecule has 0 aromatic heterocycles. The molecule has 0 N–H and O–H groups in total. The van der Waals surface area contributed by atoms with Gasteiger partial charge in [-0.05, 0) is 19.4 Å². The van der Waals surface area contributed by atoms with Crippen LogP contribution in [0.15, 0.2) is 0 Å². The van der Waals surface area contributed by atoms with Crippen LogP contribution in [-0.4, -0.2) is 72.8 Å². The van der Waals surface area contributed by atoms with Crippen LogP contribution in [0.3, 0.4) is 0 Å². The van der Waals surface area contributed by atoms with Crippen LogP contribution in [0.5, 0.6) is 0 Å². The quantitative estimate of drug-likeness (QED) is 0.760. The van der Waals surface area contributed by atoms with Gasteiger partial charge >= 0.3 is 0 Å². The molecule has 20 heavy (non-hydrogen) atoms. The molecule has 0 aliphatic carbocycles. The van der Waals surface area contributed by atoms with Crippen LogP contribution in [0.4, 0.5) is 0 Å². The van der Waals surface area contributed by atoms with E-state index in [1.807, 2.05) is 9.80 Å². The summed E-state index contributed by atoms with van der Waals surface area (Å²) < 4.78 is 0. The van der Waals surface area contributed by atoms with Gasteiger partial charge in [0.25, 0.3) is 0 Å². The highest BCUT2D eigenvalue weighted by atomic mass is 16.2. The summed E-state index contributed by atoms with van der Waals surface area (Å²) in [4.78, 5) is 30.5. The van der Waals surface area contributed by atoms with Gasteiger partial charge in [-0.15, -0.1) is 0 Å². The molecule has 2 rings (SSSR count). The minimum Gasteiger partial charge on any atom is -0.342 e. The third-order valence-electron chi connectivity index (χ3n) is 4.36. The molecule has 1 atom stereocenters. The molecular weight excluding hydrogens is 254 g/mol. The molecule has 2 aliphatic rings. The van der Waals surface area contributed by atoms with Crippen molar-refractivity contribution in [3.63, 3.8) is 0 Å². The van der Waals surface area contributed by atoms with Crippen molar-refractivity contribution in [1.29, 1.82) is 0 Å². The molecule has 2 saturated heterocycles. The monoisotopic (exact) mass is 281 g/mol. The fraction of sp³-hybridized carbons (Fsp3) is 0.867. The van der Waals surface area contributed by atoms with E-state index in [4.69, 9.17) is 0 Å². The Morgan fingerprint density at radius 3 is 2.50 bits per heavy atom. The molecule has 0 aromatic carbocycles. The minimum atomic E-state index is -0.113. The van der Waals surface area contributed by atoms with Gasteiger partial charge in [0.15, 0.2) is 0 Å². The van der Waals surface area contributed by atoms with Gasteiger partial charge in [-0.3, -0.25) is 9.59 Å². The molecule has 0 aromatic rings. The summed E-state index contributed by atoms with van der Waals surface area (Å²) in [6, 6.07) is 0. The van der Waals surface area contributed by atoms with E-state index in [2.05, 4.69) is 25.8 Å². The molecule has 114 valence electrons. The molecule has 0 bridgehead atoms. The van der Waals surface area contributed by atoms with Crippen LogP contribution in [-0.2, 0) is 9.59 Å². The summed E-state index contributed by atoms with van der Waals surface area (Å²) in [6.45, 7) is 9.20. The molecule has 5 heteroatoms. The van der Waals surface area contributed by atoms with Crippen LogP contribution >= 0.6 is 0 Å². The third kappa shape index (κ3) is 3.72. The van der Waals surface area contributed by atoms with Crippen molar-refractivity contribution >= 4 is 11.8 Å². The van der Waals surface area contributed by atoms with E-state index in [0.717, 1.165) is 39.1 Å². The summed E-state index contributed by atoms with van der Waals surface area (Å²) in [5.41, 5.74) is 0. The highest BCUT2D eigenvalue weighted by Crippen LogP contribution is 2.21. The fourth-order valence-electron chi connectivity index (χ4n) is 2.85. The second-order valence-electron chi connectivity index (χ2n) is 6.55. The summed E-state index contributed by atoms with van der Waals surface area (Å²) in [7, 11) is 2.08. The van der Waals surface area contributed by atoms with Gasteiger partial charge < -0.3 is 14.7 Å². The Bertz CT molecular complexity index is 362. The van der Waals surface area contributed by atoms with Crippen LogP contribution < -0.4 is 0 Å². The van der Waals surface area contributed by atoms with E-state index in [9.17, 15) is 9.59 Å². The predicted molar refractivity (Wildman–Crippen MR) is 78.2 cm³/mol. The zero-order chi connectivity index (χ0) is 14.7. The maximum absolute atomic E-state index is 12.5. The van der Waals surface area contributed by atoms with E-state index in [0.29, 0.717) is 18.9 Å². The molecule has 2 aliphatic heterocycles. The van der Waals surface area contributed by atoms with Gasteiger partial charge in [0.1, 0.15) is 0 Å². The van der Waals surface area contributed by atoms with E-state index >= 15 is 0 Å². The van der Waals surface area contributed by atoms with Crippen molar-refractivity contribution in [1.82, 2.24) is 14.7 Å². The maximum Gasteiger partial charge on any atom is 0.228 e.